The first-order chi connectivity index (χ1) is 15.4. The van der Waals surface area contributed by atoms with Crippen LogP contribution in [0, 0.1) is 5.92 Å². The first-order valence-electron chi connectivity index (χ1n) is 10.6. The molecule has 6 nitrogen and oxygen atoms in total. The predicted octanol–water partition coefficient (Wildman–Crippen LogP) is 5.52. The highest BCUT2D eigenvalue weighted by Crippen LogP contribution is 2.35. The van der Waals surface area contributed by atoms with Gasteiger partial charge in [0.2, 0.25) is 0 Å². The van der Waals surface area contributed by atoms with Crippen molar-refractivity contribution in [3.05, 3.63) is 52.3 Å². The van der Waals surface area contributed by atoms with Gasteiger partial charge in [-0.1, -0.05) is 42.8 Å². The van der Waals surface area contributed by atoms with E-state index in [0.717, 1.165) is 18.9 Å². The second-order valence-corrected chi connectivity index (χ2v) is 11.0. The van der Waals surface area contributed by atoms with E-state index in [1.165, 1.54) is 27.4 Å². The highest BCUT2D eigenvalue weighted by Gasteiger charge is 2.29. The number of ether oxygens (including phenoxy) is 1. The summed E-state index contributed by atoms with van der Waals surface area (Å²) in [5.74, 6) is -4.37. The molecule has 182 valence electrons. The molecule has 2 heterocycles. The number of alkyl halides is 2. The maximum Gasteiger partial charge on any atom is 0.408 e. The van der Waals surface area contributed by atoms with Crippen molar-refractivity contribution in [1.29, 1.82) is 0 Å². The fourth-order valence-electron chi connectivity index (χ4n) is 3.29. The lowest BCUT2D eigenvalue weighted by Crippen LogP contribution is -2.38. The van der Waals surface area contributed by atoms with Crippen molar-refractivity contribution >= 4 is 40.9 Å². The lowest BCUT2D eigenvalue weighted by atomic mass is 9.99. The number of nitrogens with zero attached hydrogens (tertiary/aromatic N) is 2. The van der Waals surface area contributed by atoms with Crippen LogP contribution in [0.4, 0.5) is 8.78 Å². The molecular formula is C22H28BrF2N2O4PS. The topological polar surface area (TPSA) is 76.6 Å². The molecule has 0 aliphatic carbocycles. The first-order valence-corrected chi connectivity index (χ1v) is 13.6. The summed E-state index contributed by atoms with van der Waals surface area (Å²) in [5, 5.41) is 0. The van der Waals surface area contributed by atoms with E-state index < -0.39 is 27.2 Å². The summed E-state index contributed by atoms with van der Waals surface area (Å²) in [6.07, 6.45) is 1.82. The van der Waals surface area contributed by atoms with Crippen molar-refractivity contribution < 1.29 is 26.7 Å². The molecular weight excluding hydrogens is 537 g/mol. The van der Waals surface area contributed by atoms with Crippen LogP contribution in [-0.4, -0.2) is 43.1 Å². The van der Waals surface area contributed by atoms with Gasteiger partial charge in [0, 0.05) is 17.6 Å². The van der Waals surface area contributed by atoms with Crippen molar-refractivity contribution in [2.24, 2.45) is 5.92 Å². The number of hydrogen-bond acceptors (Lipinski definition) is 5. The third-order valence-corrected chi connectivity index (χ3v) is 7.22. The number of amides is 1. The van der Waals surface area contributed by atoms with Gasteiger partial charge in [0.05, 0.1) is 11.4 Å². The van der Waals surface area contributed by atoms with E-state index in [1.807, 2.05) is 13.8 Å². The summed E-state index contributed by atoms with van der Waals surface area (Å²) in [5.41, 5.74) is 0.300. The van der Waals surface area contributed by atoms with E-state index in [9.17, 15) is 22.0 Å². The average Bonchev–Trinajstić information content (AvgIpc) is 2.74. The number of piperidine rings is 1. The molecule has 0 spiro atoms. The van der Waals surface area contributed by atoms with Crippen LogP contribution in [0.5, 0.6) is 5.75 Å². The van der Waals surface area contributed by atoms with Crippen molar-refractivity contribution in [2.75, 3.05) is 13.1 Å². The quantitative estimate of drug-likeness (QED) is 0.432. The number of carbonyl (C=O) groups excluding carboxylic acids is 1. The fourth-order valence-corrected chi connectivity index (χ4v) is 5.15. The van der Waals surface area contributed by atoms with E-state index in [4.69, 9.17) is 0 Å². The van der Waals surface area contributed by atoms with Gasteiger partial charge < -0.3 is 9.64 Å². The molecule has 1 fully saturated rings. The Labute approximate surface area is 204 Å². The minimum absolute atomic E-state index is 0.141. The summed E-state index contributed by atoms with van der Waals surface area (Å²) < 4.78 is 57.5. The predicted molar refractivity (Wildman–Crippen MR) is 130 cm³/mol. The van der Waals surface area contributed by atoms with Crippen LogP contribution < -0.4 is 4.74 Å². The summed E-state index contributed by atoms with van der Waals surface area (Å²) in [6, 6.07) is 8.36. The van der Waals surface area contributed by atoms with E-state index in [2.05, 4.69) is 32.6 Å². The van der Waals surface area contributed by atoms with E-state index in [1.54, 1.807) is 17.0 Å². The summed E-state index contributed by atoms with van der Waals surface area (Å²) >= 11 is 3.12. The van der Waals surface area contributed by atoms with Crippen LogP contribution >= 0.6 is 25.2 Å². The van der Waals surface area contributed by atoms with E-state index in [0.29, 0.717) is 23.5 Å². The van der Waals surface area contributed by atoms with Crippen LogP contribution in [-0.2, 0) is 15.6 Å². The lowest BCUT2D eigenvalue weighted by molar-refractivity contribution is -0.0909. The number of sulfone groups is 1. The second kappa shape index (κ2) is 11.7. The SMILES string of the molecule is CC.CC1CCN(C(=O)c2cccc(CS(=O)(=O)c3ccc(Br)cc3OC(F)(F)P)n2)CC1. The van der Waals surface area contributed by atoms with Gasteiger partial charge in [-0.15, -0.1) is 0 Å². The second-order valence-electron chi connectivity index (χ2n) is 7.50. The molecule has 0 saturated carbocycles. The maximum atomic E-state index is 13.4. The number of pyridine rings is 1. The Bertz CT molecular complexity index is 1070. The molecule has 1 aliphatic heterocycles. The van der Waals surface area contributed by atoms with Gasteiger partial charge in [0.1, 0.15) is 16.3 Å². The van der Waals surface area contributed by atoms with E-state index in [-0.39, 0.29) is 22.2 Å². The number of likely N-dealkylation sites (tertiary alicyclic amines) is 1. The van der Waals surface area contributed by atoms with Crippen LogP contribution in [0.3, 0.4) is 0 Å². The smallest absolute Gasteiger partial charge is 0.408 e. The number of carbonyl (C=O) groups is 1. The largest absolute Gasteiger partial charge is 0.428 e. The van der Waals surface area contributed by atoms with Crippen LogP contribution in [0.15, 0.2) is 45.8 Å². The molecule has 0 N–H and O–H groups in total. The summed E-state index contributed by atoms with van der Waals surface area (Å²) in [6.45, 7) is 7.40. The normalized spacial score (nSPS) is 14.9. The van der Waals surface area contributed by atoms with Crippen LogP contribution in [0.2, 0.25) is 0 Å². The zero-order chi connectivity index (χ0) is 24.8. The monoisotopic (exact) mass is 564 g/mol. The molecule has 33 heavy (non-hydrogen) atoms. The molecule has 1 atom stereocenters. The third kappa shape index (κ3) is 7.97. The molecule has 1 saturated heterocycles. The Morgan fingerprint density at radius 2 is 1.88 bits per heavy atom. The van der Waals surface area contributed by atoms with Gasteiger partial charge in [0.25, 0.3) is 5.91 Å². The number of benzene rings is 1. The third-order valence-electron chi connectivity index (χ3n) is 4.92. The maximum absolute atomic E-state index is 13.4. The molecule has 11 heteroatoms. The molecule has 1 aromatic carbocycles. The van der Waals surface area contributed by atoms with Gasteiger partial charge >= 0.3 is 5.85 Å². The molecule has 1 amide bonds. The van der Waals surface area contributed by atoms with Crippen LogP contribution in [0.25, 0.3) is 0 Å². The Balaban J connectivity index is 0.00000187. The molecule has 1 unspecified atom stereocenters. The minimum atomic E-state index is -4.08. The number of hydrogen-bond donors (Lipinski definition) is 0. The van der Waals surface area contributed by atoms with Crippen molar-refractivity contribution in [3.8, 4) is 5.75 Å². The zero-order valence-electron chi connectivity index (χ0n) is 18.7. The van der Waals surface area contributed by atoms with Crippen molar-refractivity contribution in [1.82, 2.24) is 9.88 Å². The minimum Gasteiger partial charge on any atom is -0.428 e. The van der Waals surface area contributed by atoms with Crippen LogP contribution in [0.1, 0.15) is 49.8 Å². The summed E-state index contributed by atoms with van der Waals surface area (Å²) in [7, 11) is -2.88. The average molecular weight is 565 g/mol. The van der Waals surface area contributed by atoms with E-state index >= 15 is 0 Å². The number of aromatic nitrogens is 1. The van der Waals surface area contributed by atoms with Gasteiger partial charge in [-0.3, -0.25) is 4.79 Å². The number of rotatable bonds is 6. The lowest BCUT2D eigenvalue weighted by Gasteiger charge is -2.30. The highest BCUT2D eigenvalue weighted by molar-refractivity contribution is 9.10. The van der Waals surface area contributed by atoms with Crippen molar-refractivity contribution in [3.63, 3.8) is 0 Å². The molecule has 3 rings (SSSR count). The Kier molecular flexibility index (Phi) is 9.76. The Morgan fingerprint density at radius 1 is 1.24 bits per heavy atom. The standard InChI is InChI=1S/C20H22BrF2N2O4PS.C2H6/c1-13-7-9-25(10-8-13)19(26)16-4-2-3-15(24-16)12-31(27,28)18-6-5-14(21)11-17(18)29-20(22,23)30;1-2/h2-6,11,13H,7-10,12,30H2,1H3;1-2H3. The van der Waals surface area contributed by atoms with Gasteiger partial charge in [-0.05, 0) is 58.3 Å². The molecule has 0 radical (unpaired) electrons. The van der Waals surface area contributed by atoms with Crippen molar-refractivity contribution in [2.45, 2.75) is 50.1 Å². The summed E-state index contributed by atoms with van der Waals surface area (Å²) in [4.78, 5) is 18.3. The first kappa shape index (κ1) is 27.6. The van der Waals surface area contributed by atoms with Gasteiger partial charge in [-0.25, -0.2) is 13.4 Å². The Morgan fingerprint density at radius 3 is 2.48 bits per heavy atom. The zero-order valence-corrected chi connectivity index (χ0v) is 22.3. The highest BCUT2D eigenvalue weighted by atomic mass is 79.9. The van der Waals surface area contributed by atoms with Gasteiger partial charge in [-0.2, -0.15) is 8.78 Å². The molecule has 1 aliphatic rings. The molecule has 0 bridgehead atoms. The fraction of sp³-hybridized carbons (Fsp3) is 0.455. The molecule has 2 aromatic rings. The Hall–Kier alpha value is -1.64. The molecule has 1 aromatic heterocycles. The number of halogens is 3. The van der Waals surface area contributed by atoms with Gasteiger partial charge in [0.15, 0.2) is 9.84 Å².